The Morgan fingerprint density at radius 3 is 2.68 bits per heavy atom. The molecule has 110 valence electrons. The van der Waals surface area contributed by atoms with Crippen LogP contribution in [0.1, 0.15) is 45.4 Å². The smallest absolute Gasteiger partial charge is 0.240 e. The summed E-state index contributed by atoms with van der Waals surface area (Å²) < 4.78 is 23.4. The third-order valence-electron chi connectivity index (χ3n) is 4.44. The predicted molar refractivity (Wildman–Crippen MR) is 74.4 cm³/mol. The van der Waals surface area contributed by atoms with Crippen molar-refractivity contribution in [3.05, 3.63) is 0 Å². The highest BCUT2D eigenvalue weighted by molar-refractivity contribution is 7.92. The van der Waals surface area contributed by atoms with Crippen LogP contribution in [0.3, 0.4) is 0 Å². The molecule has 0 bridgehead atoms. The summed E-state index contributed by atoms with van der Waals surface area (Å²) in [7, 11) is -3.00. The van der Waals surface area contributed by atoms with E-state index in [9.17, 15) is 13.2 Å². The van der Waals surface area contributed by atoms with Crippen molar-refractivity contribution in [1.29, 1.82) is 0 Å². The van der Waals surface area contributed by atoms with Crippen molar-refractivity contribution in [2.45, 2.75) is 56.2 Å². The van der Waals surface area contributed by atoms with Crippen LogP contribution in [0.5, 0.6) is 0 Å². The van der Waals surface area contributed by atoms with Gasteiger partial charge in [-0.3, -0.25) is 4.79 Å². The van der Waals surface area contributed by atoms with Gasteiger partial charge in [-0.05, 0) is 31.6 Å². The molecule has 3 atom stereocenters. The Labute approximate surface area is 115 Å². The highest BCUT2D eigenvalue weighted by Crippen LogP contribution is 2.30. The molecule has 1 amide bonds. The molecule has 0 aromatic heterocycles. The van der Waals surface area contributed by atoms with Gasteiger partial charge in [-0.1, -0.05) is 19.8 Å². The van der Waals surface area contributed by atoms with Gasteiger partial charge in [0.15, 0.2) is 9.84 Å². The van der Waals surface area contributed by atoms with Crippen molar-refractivity contribution in [2.75, 3.05) is 12.3 Å². The Morgan fingerprint density at radius 1 is 1.37 bits per heavy atom. The maximum atomic E-state index is 12.2. The number of nitrogens with one attached hydrogen (secondary N) is 1. The molecule has 2 fully saturated rings. The van der Waals surface area contributed by atoms with Crippen molar-refractivity contribution < 1.29 is 13.2 Å². The molecule has 0 aromatic rings. The topological polar surface area (TPSA) is 89.3 Å². The van der Waals surface area contributed by atoms with Crippen molar-refractivity contribution in [3.63, 3.8) is 0 Å². The second-order valence-corrected chi connectivity index (χ2v) is 8.60. The molecule has 5 nitrogen and oxygen atoms in total. The van der Waals surface area contributed by atoms with E-state index < -0.39 is 20.6 Å². The van der Waals surface area contributed by atoms with Gasteiger partial charge < -0.3 is 11.1 Å². The number of carbonyl (C=O) groups excluding carboxylic acids is 1. The first-order valence-electron chi connectivity index (χ1n) is 7.12. The zero-order valence-corrected chi connectivity index (χ0v) is 12.3. The first-order valence-corrected chi connectivity index (χ1v) is 8.84. The lowest BCUT2D eigenvalue weighted by atomic mass is 9.76. The van der Waals surface area contributed by atoms with Crippen LogP contribution in [-0.2, 0) is 14.6 Å². The first-order chi connectivity index (χ1) is 8.83. The number of hydrogen-bond donors (Lipinski definition) is 2. The van der Waals surface area contributed by atoms with Crippen LogP contribution in [0.2, 0.25) is 0 Å². The molecule has 1 heterocycles. The Balaban J connectivity index is 1.91. The molecule has 6 heteroatoms. The maximum Gasteiger partial charge on any atom is 0.240 e. The first kappa shape index (κ1) is 14.8. The van der Waals surface area contributed by atoms with Crippen LogP contribution in [0, 0.1) is 5.92 Å². The molecule has 1 aliphatic heterocycles. The third-order valence-corrected chi connectivity index (χ3v) is 6.71. The van der Waals surface area contributed by atoms with Gasteiger partial charge in [0, 0.05) is 6.54 Å². The van der Waals surface area contributed by atoms with E-state index in [1.54, 1.807) is 0 Å². The third kappa shape index (κ3) is 3.28. The molecule has 2 rings (SSSR count). The highest BCUT2D eigenvalue weighted by atomic mass is 32.2. The fourth-order valence-electron chi connectivity index (χ4n) is 3.27. The second-order valence-electron chi connectivity index (χ2n) is 6.20. The molecule has 0 aromatic carbocycles. The van der Waals surface area contributed by atoms with Crippen LogP contribution < -0.4 is 11.1 Å². The molecule has 2 aliphatic rings. The predicted octanol–water partition coefficient (Wildman–Crippen LogP) is 0.587. The summed E-state index contributed by atoms with van der Waals surface area (Å²) in [5.41, 5.74) is 5.38. The van der Waals surface area contributed by atoms with Gasteiger partial charge in [-0.15, -0.1) is 0 Å². The quantitative estimate of drug-likeness (QED) is 0.795. The van der Waals surface area contributed by atoms with Crippen LogP contribution in [0.4, 0.5) is 0 Å². The number of sulfone groups is 1. The molecule has 0 spiro atoms. The Hall–Kier alpha value is -0.620. The van der Waals surface area contributed by atoms with Gasteiger partial charge in [-0.25, -0.2) is 8.42 Å². The van der Waals surface area contributed by atoms with Gasteiger partial charge in [0.05, 0.1) is 16.5 Å². The standard InChI is InChI=1S/C13H24N2O3S/c1-10-4-2-6-13(14,8-10)12(16)15-9-11-5-3-7-19(11,17)18/h10-11H,2-9,14H2,1H3,(H,15,16). The van der Waals surface area contributed by atoms with Crippen LogP contribution in [0.15, 0.2) is 0 Å². The van der Waals surface area contributed by atoms with Gasteiger partial charge in [-0.2, -0.15) is 0 Å². The molecule has 3 N–H and O–H groups in total. The van der Waals surface area contributed by atoms with Gasteiger partial charge in [0.1, 0.15) is 0 Å². The maximum absolute atomic E-state index is 12.2. The highest BCUT2D eigenvalue weighted by Gasteiger charge is 2.39. The van der Waals surface area contributed by atoms with E-state index in [2.05, 4.69) is 12.2 Å². The van der Waals surface area contributed by atoms with Gasteiger partial charge in [0.2, 0.25) is 5.91 Å². The lowest BCUT2D eigenvalue weighted by molar-refractivity contribution is -0.128. The minimum Gasteiger partial charge on any atom is -0.353 e. The van der Waals surface area contributed by atoms with E-state index in [1.165, 1.54) is 0 Å². The Kier molecular flexibility index (Phi) is 4.20. The van der Waals surface area contributed by atoms with Crippen molar-refractivity contribution in [1.82, 2.24) is 5.32 Å². The molecule has 1 saturated carbocycles. The van der Waals surface area contributed by atoms with Crippen molar-refractivity contribution in [3.8, 4) is 0 Å². The summed E-state index contributed by atoms with van der Waals surface area (Å²) in [5.74, 6) is 0.527. The largest absolute Gasteiger partial charge is 0.353 e. The van der Waals surface area contributed by atoms with Crippen LogP contribution in [-0.4, -0.2) is 37.4 Å². The lowest BCUT2D eigenvalue weighted by Gasteiger charge is -2.35. The normalized spacial score (nSPS) is 38.0. The monoisotopic (exact) mass is 288 g/mol. The van der Waals surface area contributed by atoms with Crippen molar-refractivity contribution >= 4 is 15.7 Å². The van der Waals surface area contributed by atoms with E-state index in [1.807, 2.05) is 0 Å². The molecular formula is C13H24N2O3S. The van der Waals surface area contributed by atoms with E-state index in [4.69, 9.17) is 5.73 Å². The zero-order chi connectivity index (χ0) is 14.1. The summed E-state index contributed by atoms with van der Waals surface area (Å²) in [6, 6.07) is 0. The average Bonchev–Trinajstić information content (AvgIpc) is 2.65. The van der Waals surface area contributed by atoms with E-state index in [0.717, 1.165) is 12.8 Å². The van der Waals surface area contributed by atoms with Gasteiger partial charge in [0.25, 0.3) is 0 Å². The number of carbonyl (C=O) groups is 1. The fraction of sp³-hybridized carbons (Fsp3) is 0.923. The van der Waals surface area contributed by atoms with Crippen molar-refractivity contribution in [2.24, 2.45) is 11.7 Å². The van der Waals surface area contributed by atoms with Crippen LogP contribution in [0.25, 0.3) is 0 Å². The van der Waals surface area contributed by atoms with Gasteiger partial charge >= 0.3 is 0 Å². The van der Waals surface area contributed by atoms with E-state index >= 15 is 0 Å². The average molecular weight is 288 g/mol. The number of amides is 1. The Morgan fingerprint density at radius 2 is 2.11 bits per heavy atom. The summed E-state index contributed by atoms with van der Waals surface area (Å²) in [5, 5.41) is 2.35. The number of hydrogen-bond acceptors (Lipinski definition) is 4. The van der Waals surface area contributed by atoms with E-state index in [0.29, 0.717) is 31.6 Å². The zero-order valence-electron chi connectivity index (χ0n) is 11.5. The summed E-state index contributed by atoms with van der Waals surface area (Å²) >= 11 is 0. The molecule has 19 heavy (non-hydrogen) atoms. The number of rotatable bonds is 3. The van der Waals surface area contributed by atoms with Crippen LogP contribution >= 0.6 is 0 Å². The molecule has 0 radical (unpaired) electrons. The SMILES string of the molecule is CC1CCCC(N)(C(=O)NCC2CCCS2(=O)=O)C1. The molecule has 1 saturated heterocycles. The fourth-order valence-corrected chi connectivity index (χ4v) is 5.03. The molecule has 3 unspecified atom stereocenters. The summed E-state index contributed by atoms with van der Waals surface area (Å²) in [6.07, 6.45) is 4.82. The Bertz CT molecular complexity index is 449. The molecular weight excluding hydrogens is 264 g/mol. The lowest BCUT2D eigenvalue weighted by Crippen LogP contribution is -2.57. The minimum atomic E-state index is -3.00. The summed E-state index contributed by atoms with van der Waals surface area (Å²) in [6.45, 7) is 2.32. The van der Waals surface area contributed by atoms with E-state index in [-0.39, 0.29) is 18.2 Å². The molecule has 1 aliphatic carbocycles. The minimum absolute atomic E-state index is 0.179. The second kappa shape index (κ2) is 5.40. The number of nitrogens with two attached hydrogens (primary N) is 1. The summed E-state index contributed by atoms with van der Waals surface area (Å²) in [4.78, 5) is 12.2.